The number of rotatable bonds is 4. The van der Waals surface area contributed by atoms with E-state index in [1.807, 2.05) is 0 Å². The zero-order chi connectivity index (χ0) is 15.5. The van der Waals surface area contributed by atoms with Crippen LogP contribution in [-0.2, 0) is 11.2 Å². The van der Waals surface area contributed by atoms with Crippen LogP contribution in [0.25, 0.3) is 5.65 Å². The summed E-state index contributed by atoms with van der Waals surface area (Å²) in [6.45, 7) is 2.03. The van der Waals surface area contributed by atoms with Crippen molar-refractivity contribution in [1.82, 2.24) is 14.6 Å². The van der Waals surface area contributed by atoms with Gasteiger partial charge in [-0.1, -0.05) is 32.1 Å². The lowest BCUT2D eigenvalue weighted by Gasteiger charge is -2.21. The van der Waals surface area contributed by atoms with Crippen molar-refractivity contribution in [1.29, 1.82) is 0 Å². The number of hydrogen-bond donors (Lipinski definition) is 1. The number of ether oxygens (including phenoxy) is 1. The normalized spacial score (nSPS) is 16.0. The Labute approximate surface area is 129 Å². The molecule has 1 aliphatic carbocycles. The van der Waals surface area contributed by atoms with Gasteiger partial charge in [-0.3, -0.25) is 0 Å². The van der Waals surface area contributed by atoms with E-state index in [9.17, 15) is 9.90 Å². The van der Waals surface area contributed by atoms with E-state index in [4.69, 9.17) is 4.74 Å². The maximum atomic E-state index is 11.7. The monoisotopic (exact) mass is 303 g/mol. The Morgan fingerprint density at radius 1 is 1.36 bits per heavy atom. The summed E-state index contributed by atoms with van der Waals surface area (Å²) in [5, 5.41) is 14.2. The molecule has 1 N–H and O–H groups in total. The summed E-state index contributed by atoms with van der Waals surface area (Å²) in [6.07, 6.45) is 7.18. The quantitative estimate of drug-likeness (QED) is 0.879. The molecule has 0 atom stereocenters. The number of carbonyl (C=O) groups is 1. The lowest BCUT2D eigenvalue weighted by molar-refractivity contribution is 0.0519. The first-order valence-electron chi connectivity index (χ1n) is 7.93. The summed E-state index contributed by atoms with van der Waals surface area (Å²) in [4.78, 5) is 16.2. The maximum absolute atomic E-state index is 11.7. The minimum absolute atomic E-state index is 0.00589. The summed E-state index contributed by atoms with van der Waals surface area (Å²) >= 11 is 0. The van der Waals surface area contributed by atoms with Gasteiger partial charge in [0.2, 0.25) is 5.88 Å². The van der Waals surface area contributed by atoms with Gasteiger partial charge in [0, 0.05) is 17.8 Å². The molecule has 0 saturated heterocycles. The van der Waals surface area contributed by atoms with Crippen molar-refractivity contribution in [2.24, 2.45) is 5.92 Å². The van der Waals surface area contributed by atoms with E-state index in [1.165, 1.54) is 36.6 Å². The fraction of sp³-hybridized carbons (Fsp3) is 0.562. The van der Waals surface area contributed by atoms with Crippen LogP contribution >= 0.6 is 0 Å². The highest BCUT2D eigenvalue weighted by molar-refractivity contribution is 5.88. The van der Waals surface area contributed by atoms with Crippen LogP contribution in [0.5, 0.6) is 5.88 Å². The van der Waals surface area contributed by atoms with E-state index in [-0.39, 0.29) is 11.6 Å². The third kappa shape index (κ3) is 3.05. The Bertz CT molecular complexity index is 675. The molecule has 1 saturated carbocycles. The molecule has 0 bridgehead atoms. The highest BCUT2D eigenvalue weighted by Crippen LogP contribution is 2.27. The third-order valence-corrected chi connectivity index (χ3v) is 4.17. The van der Waals surface area contributed by atoms with Crippen LogP contribution in [0, 0.1) is 5.92 Å². The van der Waals surface area contributed by atoms with E-state index >= 15 is 0 Å². The predicted molar refractivity (Wildman–Crippen MR) is 80.9 cm³/mol. The molecule has 0 unspecified atom stereocenters. The van der Waals surface area contributed by atoms with Crippen LogP contribution in [0.4, 0.5) is 0 Å². The molecule has 6 nitrogen and oxygen atoms in total. The standard InChI is InChI=1S/C16H21N3O3/c1-2-22-16(21)13-10-14-17-12(9-15(20)19(14)18-13)8-11-6-4-3-5-7-11/h9-11,20H,2-8H2,1H3. The molecule has 2 heterocycles. The van der Waals surface area contributed by atoms with Crippen LogP contribution in [0.15, 0.2) is 12.1 Å². The van der Waals surface area contributed by atoms with Gasteiger partial charge in [0.05, 0.1) is 6.61 Å². The SMILES string of the molecule is CCOC(=O)c1cc2nc(CC3CCCCC3)cc(O)n2n1. The van der Waals surface area contributed by atoms with Gasteiger partial charge in [-0.15, -0.1) is 0 Å². The second-order valence-electron chi connectivity index (χ2n) is 5.83. The molecule has 2 aromatic heterocycles. The Morgan fingerprint density at radius 2 is 2.14 bits per heavy atom. The summed E-state index contributed by atoms with van der Waals surface area (Å²) in [6, 6.07) is 3.20. The fourth-order valence-electron chi connectivity index (χ4n) is 3.11. The first-order chi connectivity index (χ1) is 10.7. The average Bonchev–Trinajstić information content (AvgIpc) is 2.93. The van der Waals surface area contributed by atoms with E-state index in [1.54, 1.807) is 19.1 Å². The molecule has 1 fully saturated rings. The Morgan fingerprint density at radius 3 is 2.86 bits per heavy atom. The van der Waals surface area contributed by atoms with Crippen LogP contribution in [0.2, 0.25) is 0 Å². The highest BCUT2D eigenvalue weighted by Gasteiger charge is 2.18. The van der Waals surface area contributed by atoms with Gasteiger partial charge < -0.3 is 9.84 Å². The van der Waals surface area contributed by atoms with Crippen molar-refractivity contribution in [2.45, 2.75) is 45.4 Å². The highest BCUT2D eigenvalue weighted by atomic mass is 16.5. The molecule has 0 spiro atoms. The van der Waals surface area contributed by atoms with Crippen molar-refractivity contribution >= 4 is 11.6 Å². The smallest absolute Gasteiger partial charge is 0.358 e. The van der Waals surface area contributed by atoms with Gasteiger partial charge in [-0.05, 0) is 19.3 Å². The predicted octanol–water partition coefficient (Wildman–Crippen LogP) is 2.73. The summed E-state index contributed by atoms with van der Waals surface area (Å²) in [5.74, 6) is 0.142. The Hall–Kier alpha value is -2.11. The number of nitrogens with zero attached hydrogens (tertiary/aromatic N) is 3. The van der Waals surface area contributed by atoms with Crippen LogP contribution < -0.4 is 0 Å². The molecule has 6 heteroatoms. The van der Waals surface area contributed by atoms with E-state index in [2.05, 4.69) is 10.1 Å². The van der Waals surface area contributed by atoms with Crippen molar-refractivity contribution in [2.75, 3.05) is 6.61 Å². The molecular weight excluding hydrogens is 282 g/mol. The zero-order valence-electron chi connectivity index (χ0n) is 12.8. The Balaban J connectivity index is 1.85. The average molecular weight is 303 g/mol. The first-order valence-corrected chi connectivity index (χ1v) is 7.93. The van der Waals surface area contributed by atoms with E-state index in [0.29, 0.717) is 18.2 Å². The van der Waals surface area contributed by atoms with Crippen LogP contribution in [0.3, 0.4) is 0 Å². The number of esters is 1. The summed E-state index contributed by atoms with van der Waals surface area (Å²) in [7, 11) is 0. The van der Waals surface area contributed by atoms with Gasteiger partial charge in [-0.25, -0.2) is 9.78 Å². The molecule has 0 amide bonds. The molecular formula is C16H21N3O3. The topological polar surface area (TPSA) is 76.7 Å². The van der Waals surface area contributed by atoms with Crippen LogP contribution in [-0.4, -0.2) is 32.3 Å². The lowest BCUT2D eigenvalue weighted by Crippen LogP contribution is -2.10. The number of aromatic nitrogens is 3. The number of aromatic hydroxyl groups is 1. The van der Waals surface area contributed by atoms with Crippen molar-refractivity contribution in [3.05, 3.63) is 23.5 Å². The van der Waals surface area contributed by atoms with E-state index < -0.39 is 5.97 Å². The molecule has 118 valence electrons. The number of carbonyl (C=O) groups excluding carboxylic acids is 1. The van der Waals surface area contributed by atoms with Gasteiger partial charge in [-0.2, -0.15) is 9.61 Å². The Kier molecular flexibility index (Phi) is 4.27. The second-order valence-corrected chi connectivity index (χ2v) is 5.83. The van der Waals surface area contributed by atoms with Gasteiger partial charge >= 0.3 is 5.97 Å². The summed E-state index contributed by atoms with van der Waals surface area (Å²) < 4.78 is 6.20. The fourth-order valence-corrected chi connectivity index (χ4v) is 3.11. The van der Waals surface area contributed by atoms with E-state index in [0.717, 1.165) is 12.1 Å². The van der Waals surface area contributed by atoms with Crippen molar-refractivity contribution in [3.63, 3.8) is 0 Å². The minimum Gasteiger partial charge on any atom is -0.493 e. The van der Waals surface area contributed by atoms with Gasteiger partial charge in [0.15, 0.2) is 11.3 Å². The largest absolute Gasteiger partial charge is 0.493 e. The van der Waals surface area contributed by atoms with Crippen molar-refractivity contribution in [3.8, 4) is 5.88 Å². The lowest BCUT2D eigenvalue weighted by atomic mass is 9.86. The molecule has 0 aliphatic heterocycles. The van der Waals surface area contributed by atoms with Gasteiger partial charge in [0.1, 0.15) is 0 Å². The molecule has 1 aliphatic rings. The molecule has 0 aromatic carbocycles. The number of fused-ring (bicyclic) bond motifs is 1. The van der Waals surface area contributed by atoms with Gasteiger partial charge in [0.25, 0.3) is 0 Å². The zero-order valence-corrected chi connectivity index (χ0v) is 12.8. The van der Waals surface area contributed by atoms with Crippen LogP contribution in [0.1, 0.15) is 55.2 Å². The molecule has 2 aromatic rings. The second kappa shape index (κ2) is 6.34. The molecule has 22 heavy (non-hydrogen) atoms. The number of hydrogen-bond acceptors (Lipinski definition) is 5. The summed E-state index contributed by atoms with van der Waals surface area (Å²) in [5.41, 5.74) is 1.50. The third-order valence-electron chi connectivity index (χ3n) is 4.17. The minimum atomic E-state index is -0.499. The molecule has 0 radical (unpaired) electrons. The molecule has 3 rings (SSSR count). The maximum Gasteiger partial charge on any atom is 0.358 e. The first kappa shape index (κ1) is 14.8. The van der Waals surface area contributed by atoms with Crippen molar-refractivity contribution < 1.29 is 14.6 Å².